The van der Waals surface area contributed by atoms with Gasteiger partial charge in [0, 0.05) is 0 Å². The van der Waals surface area contributed by atoms with Crippen LogP contribution in [-0.4, -0.2) is 26.2 Å². The molecule has 0 aliphatic carbocycles. The first-order valence-electron chi connectivity index (χ1n) is 6.31. The summed E-state index contributed by atoms with van der Waals surface area (Å²) in [6.07, 6.45) is 5.08. The molecule has 0 bridgehead atoms. The van der Waals surface area contributed by atoms with Crippen molar-refractivity contribution in [1.82, 2.24) is 5.32 Å². The van der Waals surface area contributed by atoms with Crippen LogP contribution in [-0.2, 0) is 0 Å². The Balaban J connectivity index is 0.000000262. The van der Waals surface area contributed by atoms with E-state index in [0.717, 1.165) is 25.4 Å². The van der Waals surface area contributed by atoms with E-state index in [9.17, 15) is 0 Å². The normalized spacial score (nSPS) is 22.8. The van der Waals surface area contributed by atoms with Crippen LogP contribution in [0.3, 0.4) is 0 Å². The average Bonchev–Trinajstić information content (AvgIpc) is 2.28. The van der Waals surface area contributed by atoms with Crippen molar-refractivity contribution in [2.24, 2.45) is 23.3 Å². The number of piperidine rings is 1. The molecule has 0 radical (unpaired) electrons. The minimum Gasteiger partial charge on any atom is -0.330 e. The first-order chi connectivity index (χ1) is 7.20. The molecule has 3 nitrogen and oxygen atoms in total. The van der Waals surface area contributed by atoms with E-state index >= 15 is 0 Å². The summed E-state index contributed by atoms with van der Waals surface area (Å²) in [5.74, 6) is 1.58. The standard InChI is InChI=1S/C6H16N2.C6H13N/c1-6(5-8)3-2-4-7;1-6-3-2-4-7-5-6/h6H,2-5,7-8H2,1H3;6-7H,2-5H2,1H3. The highest BCUT2D eigenvalue weighted by atomic mass is 14.9. The minimum absolute atomic E-state index is 0.651. The molecule has 1 aliphatic rings. The molecule has 5 N–H and O–H groups in total. The van der Waals surface area contributed by atoms with E-state index in [4.69, 9.17) is 11.5 Å². The van der Waals surface area contributed by atoms with E-state index in [1.807, 2.05) is 0 Å². The Labute approximate surface area is 95.0 Å². The summed E-state index contributed by atoms with van der Waals surface area (Å²) in [7, 11) is 0. The van der Waals surface area contributed by atoms with Crippen molar-refractivity contribution < 1.29 is 0 Å². The summed E-state index contributed by atoms with van der Waals surface area (Å²) in [6.45, 7) is 8.51. The van der Waals surface area contributed by atoms with E-state index in [-0.39, 0.29) is 0 Å². The zero-order valence-electron chi connectivity index (χ0n) is 10.5. The van der Waals surface area contributed by atoms with Crippen molar-refractivity contribution in [3.8, 4) is 0 Å². The predicted octanol–water partition coefficient (Wildman–Crippen LogP) is 1.33. The lowest BCUT2D eigenvalue weighted by Crippen LogP contribution is -2.27. The van der Waals surface area contributed by atoms with Gasteiger partial charge in [0.2, 0.25) is 0 Å². The van der Waals surface area contributed by atoms with E-state index in [1.165, 1.54) is 32.4 Å². The van der Waals surface area contributed by atoms with Crippen LogP contribution in [0.5, 0.6) is 0 Å². The number of rotatable bonds is 4. The first kappa shape index (κ1) is 14.9. The van der Waals surface area contributed by atoms with Crippen LogP contribution in [0.25, 0.3) is 0 Å². The molecule has 0 saturated carbocycles. The van der Waals surface area contributed by atoms with Gasteiger partial charge in [0.1, 0.15) is 0 Å². The van der Waals surface area contributed by atoms with Crippen LogP contribution in [0.1, 0.15) is 39.5 Å². The maximum absolute atomic E-state index is 5.37. The van der Waals surface area contributed by atoms with Gasteiger partial charge < -0.3 is 16.8 Å². The summed E-state index contributed by atoms with van der Waals surface area (Å²) < 4.78 is 0. The Morgan fingerprint density at radius 1 is 1.40 bits per heavy atom. The van der Waals surface area contributed by atoms with Gasteiger partial charge in [-0.3, -0.25) is 0 Å². The third-order valence-electron chi connectivity index (χ3n) is 2.85. The van der Waals surface area contributed by atoms with Crippen molar-refractivity contribution in [3.05, 3.63) is 0 Å². The second kappa shape index (κ2) is 10.4. The molecular formula is C12H29N3. The summed E-state index contributed by atoms with van der Waals surface area (Å²) in [5.41, 5.74) is 10.7. The van der Waals surface area contributed by atoms with Crippen LogP contribution < -0.4 is 16.8 Å². The van der Waals surface area contributed by atoms with Gasteiger partial charge in [-0.05, 0) is 63.7 Å². The summed E-state index contributed by atoms with van der Waals surface area (Å²) in [6, 6.07) is 0. The van der Waals surface area contributed by atoms with Crippen molar-refractivity contribution in [2.45, 2.75) is 39.5 Å². The lowest BCUT2D eigenvalue weighted by atomic mass is 10.0. The molecule has 2 unspecified atom stereocenters. The molecule has 1 heterocycles. The maximum Gasteiger partial charge on any atom is -0.00231 e. The molecule has 2 atom stereocenters. The molecule has 15 heavy (non-hydrogen) atoms. The topological polar surface area (TPSA) is 64.1 Å². The van der Waals surface area contributed by atoms with Crippen molar-refractivity contribution >= 4 is 0 Å². The van der Waals surface area contributed by atoms with Crippen LogP contribution in [0, 0.1) is 11.8 Å². The Morgan fingerprint density at radius 2 is 2.13 bits per heavy atom. The number of hydrogen-bond donors (Lipinski definition) is 3. The molecule has 3 heteroatoms. The van der Waals surface area contributed by atoms with Gasteiger partial charge in [-0.2, -0.15) is 0 Å². The Kier molecular flexibility index (Phi) is 10.3. The van der Waals surface area contributed by atoms with Gasteiger partial charge in [0.15, 0.2) is 0 Å². The average molecular weight is 215 g/mol. The third kappa shape index (κ3) is 10.2. The number of nitrogens with two attached hydrogens (primary N) is 2. The molecule has 0 aromatic heterocycles. The van der Waals surface area contributed by atoms with Crippen molar-refractivity contribution in [2.75, 3.05) is 26.2 Å². The fourth-order valence-corrected chi connectivity index (χ4v) is 1.61. The first-order valence-corrected chi connectivity index (χ1v) is 6.31. The molecule has 92 valence electrons. The van der Waals surface area contributed by atoms with Gasteiger partial charge in [-0.1, -0.05) is 13.8 Å². The summed E-state index contributed by atoms with van der Waals surface area (Å²) >= 11 is 0. The van der Waals surface area contributed by atoms with Crippen LogP contribution in [0.2, 0.25) is 0 Å². The van der Waals surface area contributed by atoms with E-state index in [1.54, 1.807) is 0 Å². The van der Waals surface area contributed by atoms with E-state index < -0.39 is 0 Å². The van der Waals surface area contributed by atoms with Gasteiger partial charge >= 0.3 is 0 Å². The Hall–Kier alpha value is -0.120. The van der Waals surface area contributed by atoms with Gasteiger partial charge in [0.05, 0.1) is 0 Å². The largest absolute Gasteiger partial charge is 0.330 e. The van der Waals surface area contributed by atoms with Gasteiger partial charge in [-0.25, -0.2) is 0 Å². The van der Waals surface area contributed by atoms with Crippen molar-refractivity contribution in [3.63, 3.8) is 0 Å². The molecule has 1 saturated heterocycles. The second-order valence-electron chi connectivity index (χ2n) is 4.72. The van der Waals surface area contributed by atoms with Crippen LogP contribution >= 0.6 is 0 Å². The molecule has 0 amide bonds. The molecule has 1 rings (SSSR count). The monoisotopic (exact) mass is 215 g/mol. The SMILES string of the molecule is CC(CN)CCCN.CC1CCCNC1. The molecule has 1 fully saturated rings. The van der Waals surface area contributed by atoms with Crippen LogP contribution in [0.15, 0.2) is 0 Å². The highest BCUT2D eigenvalue weighted by molar-refractivity contribution is 4.63. The summed E-state index contributed by atoms with van der Waals surface area (Å²) in [4.78, 5) is 0. The highest BCUT2D eigenvalue weighted by Gasteiger charge is 2.04. The second-order valence-corrected chi connectivity index (χ2v) is 4.72. The van der Waals surface area contributed by atoms with E-state index in [0.29, 0.717) is 5.92 Å². The molecule has 1 aliphatic heterocycles. The van der Waals surface area contributed by atoms with Gasteiger partial charge in [0.25, 0.3) is 0 Å². The highest BCUT2D eigenvalue weighted by Crippen LogP contribution is 2.06. The lowest BCUT2D eigenvalue weighted by Gasteiger charge is -2.17. The number of hydrogen-bond acceptors (Lipinski definition) is 3. The Morgan fingerprint density at radius 3 is 2.47 bits per heavy atom. The van der Waals surface area contributed by atoms with E-state index in [2.05, 4.69) is 19.2 Å². The third-order valence-corrected chi connectivity index (χ3v) is 2.85. The molecular weight excluding hydrogens is 186 g/mol. The zero-order valence-corrected chi connectivity index (χ0v) is 10.5. The van der Waals surface area contributed by atoms with Crippen molar-refractivity contribution in [1.29, 1.82) is 0 Å². The minimum atomic E-state index is 0.651. The zero-order chi connectivity index (χ0) is 11.5. The number of nitrogens with one attached hydrogen (secondary N) is 1. The Bertz CT molecular complexity index is 122. The maximum atomic E-state index is 5.37. The molecule has 0 aromatic rings. The molecule has 0 spiro atoms. The fraction of sp³-hybridized carbons (Fsp3) is 1.00. The van der Waals surface area contributed by atoms with Gasteiger partial charge in [-0.15, -0.1) is 0 Å². The van der Waals surface area contributed by atoms with Crippen LogP contribution in [0.4, 0.5) is 0 Å². The predicted molar refractivity (Wildman–Crippen MR) is 67.8 cm³/mol. The molecule has 0 aromatic carbocycles. The fourth-order valence-electron chi connectivity index (χ4n) is 1.61. The lowest BCUT2D eigenvalue weighted by molar-refractivity contribution is 0.405. The summed E-state index contributed by atoms with van der Waals surface area (Å²) in [5, 5.41) is 3.33. The smallest absolute Gasteiger partial charge is 0.00231 e. The quantitative estimate of drug-likeness (QED) is 0.663.